The summed E-state index contributed by atoms with van der Waals surface area (Å²) in [7, 11) is 1.15. The van der Waals surface area contributed by atoms with Crippen LogP contribution in [-0.2, 0) is 14.3 Å². The number of aliphatic hydroxyl groups is 1. The van der Waals surface area contributed by atoms with Crippen LogP contribution >= 0.6 is 22.9 Å². The minimum absolute atomic E-state index is 0.0596. The summed E-state index contributed by atoms with van der Waals surface area (Å²) in [6.07, 6.45) is -0.608. The number of rotatable bonds is 6. The van der Waals surface area contributed by atoms with Crippen LogP contribution < -0.4 is 10.6 Å². The smallest absolute Gasteiger partial charge is 0.412 e. The SMILES string of the molecule is CC.COC(=O)C(CO)NC(=O)c1csc(-c2ccc(NC(=O)OC(C)(C)C)cc2Cl)n1. The van der Waals surface area contributed by atoms with Gasteiger partial charge in [0.15, 0.2) is 6.04 Å². The van der Waals surface area contributed by atoms with E-state index < -0.39 is 36.2 Å². The number of aromatic nitrogens is 1. The summed E-state index contributed by atoms with van der Waals surface area (Å²) in [5, 5.41) is 16.4. The van der Waals surface area contributed by atoms with E-state index in [0.717, 1.165) is 7.11 Å². The van der Waals surface area contributed by atoms with Gasteiger partial charge in [0.25, 0.3) is 5.91 Å². The number of ether oxygens (including phenoxy) is 2. The van der Waals surface area contributed by atoms with Gasteiger partial charge in [-0.3, -0.25) is 10.1 Å². The first-order valence-electron chi connectivity index (χ1n) is 9.79. The van der Waals surface area contributed by atoms with Gasteiger partial charge in [-0.2, -0.15) is 0 Å². The summed E-state index contributed by atoms with van der Waals surface area (Å²) in [5.41, 5.74) is 0.428. The Bertz CT molecular complexity index is 942. The molecule has 0 spiro atoms. The van der Waals surface area contributed by atoms with E-state index in [0.29, 0.717) is 21.3 Å². The third-order valence-electron chi connectivity index (χ3n) is 3.56. The first kappa shape index (κ1) is 27.3. The second-order valence-corrected chi connectivity index (χ2v) is 8.36. The fraction of sp³-hybridized carbons (Fsp3) is 0.429. The van der Waals surface area contributed by atoms with Crippen molar-refractivity contribution in [1.29, 1.82) is 0 Å². The number of esters is 1. The van der Waals surface area contributed by atoms with Crippen molar-refractivity contribution in [2.75, 3.05) is 19.0 Å². The molecule has 0 saturated carbocycles. The number of halogens is 1. The van der Waals surface area contributed by atoms with Gasteiger partial charge in [-0.05, 0) is 39.0 Å². The number of methoxy groups -OCH3 is 1. The Balaban J connectivity index is 0.00000249. The van der Waals surface area contributed by atoms with Gasteiger partial charge in [0, 0.05) is 16.6 Å². The third-order valence-corrected chi connectivity index (χ3v) is 4.74. The molecular weight excluding hydrogens is 458 g/mol. The molecule has 176 valence electrons. The topological polar surface area (TPSA) is 127 Å². The van der Waals surface area contributed by atoms with Gasteiger partial charge in [0.05, 0.1) is 18.7 Å². The number of nitrogens with zero attached hydrogens (tertiary/aromatic N) is 1. The normalized spacial score (nSPS) is 11.5. The van der Waals surface area contributed by atoms with E-state index in [9.17, 15) is 19.5 Å². The Morgan fingerprint density at radius 3 is 2.44 bits per heavy atom. The van der Waals surface area contributed by atoms with Crippen LogP contribution in [0.3, 0.4) is 0 Å². The fourth-order valence-corrected chi connectivity index (χ4v) is 3.41. The number of nitrogens with one attached hydrogen (secondary N) is 2. The maximum Gasteiger partial charge on any atom is 0.412 e. The molecule has 1 aromatic carbocycles. The number of anilines is 1. The van der Waals surface area contributed by atoms with E-state index >= 15 is 0 Å². The molecule has 2 rings (SSSR count). The highest BCUT2D eigenvalue weighted by Crippen LogP contribution is 2.32. The average Bonchev–Trinajstić information content (AvgIpc) is 3.21. The molecule has 1 aromatic heterocycles. The predicted molar refractivity (Wildman–Crippen MR) is 124 cm³/mol. The van der Waals surface area contributed by atoms with Crippen molar-refractivity contribution in [3.05, 3.63) is 34.3 Å². The van der Waals surface area contributed by atoms with E-state index in [1.165, 1.54) is 16.7 Å². The van der Waals surface area contributed by atoms with Gasteiger partial charge in [-0.1, -0.05) is 25.4 Å². The Hall–Kier alpha value is -2.69. The summed E-state index contributed by atoms with van der Waals surface area (Å²) in [6, 6.07) is 3.64. The van der Waals surface area contributed by atoms with Gasteiger partial charge in [0.2, 0.25) is 0 Å². The van der Waals surface area contributed by atoms with Crippen molar-refractivity contribution in [3.63, 3.8) is 0 Å². The lowest BCUT2D eigenvalue weighted by atomic mass is 10.2. The van der Waals surface area contributed by atoms with Crippen LogP contribution in [0.5, 0.6) is 0 Å². The van der Waals surface area contributed by atoms with Gasteiger partial charge < -0.3 is 19.9 Å². The second kappa shape index (κ2) is 12.4. The van der Waals surface area contributed by atoms with Gasteiger partial charge in [-0.15, -0.1) is 11.3 Å². The van der Waals surface area contributed by atoms with Crippen LogP contribution in [0, 0.1) is 0 Å². The molecule has 11 heteroatoms. The zero-order valence-corrected chi connectivity index (χ0v) is 20.4. The highest BCUT2D eigenvalue weighted by molar-refractivity contribution is 7.13. The number of aliphatic hydroxyl groups excluding tert-OH is 1. The Kier molecular flexibility index (Phi) is 10.6. The van der Waals surface area contributed by atoms with Crippen LogP contribution in [0.2, 0.25) is 5.02 Å². The minimum atomic E-state index is -1.19. The molecule has 0 saturated heterocycles. The number of thiazole rings is 1. The zero-order chi connectivity index (χ0) is 24.5. The molecule has 2 aromatic rings. The molecule has 2 amide bonds. The molecule has 1 unspecified atom stereocenters. The highest BCUT2D eigenvalue weighted by Gasteiger charge is 2.23. The molecule has 3 N–H and O–H groups in total. The molecule has 0 aliphatic rings. The van der Waals surface area contributed by atoms with E-state index in [2.05, 4.69) is 20.4 Å². The molecule has 9 nitrogen and oxygen atoms in total. The summed E-state index contributed by atoms with van der Waals surface area (Å²) >= 11 is 7.49. The number of carbonyl (C=O) groups is 3. The number of hydrogen-bond donors (Lipinski definition) is 3. The maximum absolute atomic E-state index is 12.3. The zero-order valence-electron chi connectivity index (χ0n) is 18.8. The van der Waals surface area contributed by atoms with Crippen LogP contribution in [0.15, 0.2) is 23.6 Å². The lowest BCUT2D eigenvalue weighted by Gasteiger charge is -2.19. The van der Waals surface area contributed by atoms with E-state index in [1.54, 1.807) is 39.0 Å². The summed E-state index contributed by atoms with van der Waals surface area (Å²) in [6.45, 7) is 8.67. The maximum atomic E-state index is 12.3. The molecule has 0 radical (unpaired) electrons. The first-order valence-corrected chi connectivity index (χ1v) is 11.0. The van der Waals surface area contributed by atoms with Gasteiger partial charge >= 0.3 is 12.1 Å². The first-order chi connectivity index (χ1) is 15.0. The Morgan fingerprint density at radius 1 is 1.25 bits per heavy atom. The van der Waals surface area contributed by atoms with Crippen LogP contribution in [0.25, 0.3) is 10.6 Å². The number of amides is 2. The lowest BCUT2D eigenvalue weighted by Crippen LogP contribution is -2.44. The molecular formula is C21H28ClN3O6S. The van der Waals surface area contributed by atoms with Crippen molar-refractivity contribution in [2.45, 2.75) is 46.3 Å². The Labute approximate surface area is 196 Å². The fourth-order valence-electron chi connectivity index (χ4n) is 2.24. The van der Waals surface area contributed by atoms with Crippen LogP contribution in [0.1, 0.15) is 45.1 Å². The summed E-state index contributed by atoms with van der Waals surface area (Å²) in [5.74, 6) is -1.40. The molecule has 0 bridgehead atoms. The minimum Gasteiger partial charge on any atom is -0.467 e. The lowest BCUT2D eigenvalue weighted by molar-refractivity contribution is -0.143. The summed E-state index contributed by atoms with van der Waals surface area (Å²) in [4.78, 5) is 39.9. The molecule has 1 heterocycles. The third kappa shape index (κ3) is 8.10. The van der Waals surface area contributed by atoms with Gasteiger partial charge in [0.1, 0.15) is 16.3 Å². The monoisotopic (exact) mass is 485 g/mol. The second-order valence-electron chi connectivity index (χ2n) is 7.09. The average molecular weight is 486 g/mol. The van der Waals surface area contributed by atoms with Crippen molar-refractivity contribution in [1.82, 2.24) is 10.3 Å². The standard InChI is InChI=1S/C19H22ClN3O6S.C2H6/c1-19(2,3)29-18(27)21-10-5-6-11(12(20)7-10)16-23-14(9-30-16)15(25)22-13(8-24)17(26)28-4;1-2/h5-7,9,13,24H,8H2,1-4H3,(H,21,27)(H,22,25);1-2H3. The van der Waals surface area contributed by atoms with Gasteiger partial charge in [-0.25, -0.2) is 14.6 Å². The van der Waals surface area contributed by atoms with Crippen molar-refractivity contribution >= 4 is 46.6 Å². The van der Waals surface area contributed by atoms with E-state index in [-0.39, 0.29) is 5.69 Å². The Morgan fingerprint density at radius 2 is 1.91 bits per heavy atom. The van der Waals surface area contributed by atoms with Crippen molar-refractivity contribution in [2.24, 2.45) is 0 Å². The van der Waals surface area contributed by atoms with Crippen LogP contribution in [-0.4, -0.2) is 53.4 Å². The molecule has 32 heavy (non-hydrogen) atoms. The van der Waals surface area contributed by atoms with E-state index in [1.807, 2.05) is 13.8 Å². The largest absolute Gasteiger partial charge is 0.467 e. The quantitative estimate of drug-likeness (QED) is 0.525. The van der Waals surface area contributed by atoms with Crippen molar-refractivity contribution in [3.8, 4) is 10.6 Å². The highest BCUT2D eigenvalue weighted by atomic mass is 35.5. The number of carbonyl (C=O) groups excluding carboxylic acids is 3. The van der Waals surface area contributed by atoms with Crippen LogP contribution in [0.4, 0.5) is 10.5 Å². The number of hydrogen-bond acceptors (Lipinski definition) is 8. The van der Waals surface area contributed by atoms with Crippen molar-refractivity contribution < 1.29 is 29.0 Å². The molecule has 0 aliphatic carbocycles. The molecule has 1 atom stereocenters. The summed E-state index contributed by atoms with van der Waals surface area (Å²) < 4.78 is 9.70. The molecule has 0 fully saturated rings. The predicted octanol–water partition coefficient (Wildman–Crippen LogP) is 4.10. The van der Waals surface area contributed by atoms with E-state index in [4.69, 9.17) is 16.3 Å². The number of benzene rings is 1. The molecule has 0 aliphatic heterocycles.